The van der Waals surface area contributed by atoms with E-state index in [2.05, 4.69) is 20.3 Å². The summed E-state index contributed by atoms with van der Waals surface area (Å²) in [6.07, 6.45) is -4.34. The van der Waals surface area contributed by atoms with Crippen LogP contribution in [0.5, 0.6) is 5.75 Å². The molecule has 2 aromatic rings. The highest BCUT2D eigenvalue weighted by Gasteiger charge is 2.30. The minimum Gasteiger partial charge on any atom is -0.406 e. The minimum absolute atomic E-state index is 0.101. The van der Waals surface area contributed by atoms with Gasteiger partial charge in [-0.1, -0.05) is 23.1 Å². The number of nitrogens with two attached hydrogens (primary N) is 1. The Kier molecular flexibility index (Phi) is 6.48. The van der Waals surface area contributed by atoms with Crippen molar-refractivity contribution in [3.05, 3.63) is 24.3 Å². The summed E-state index contributed by atoms with van der Waals surface area (Å²) in [5.41, 5.74) is 0.524. The van der Waals surface area contributed by atoms with Crippen LogP contribution in [0.15, 0.2) is 28.6 Å². The molecule has 13 heteroatoms. The Morgan fingerprint density at radius 3 is 2.52 bits per heavy atom. The van der Waals surface area contributed by atoms with Gasteiger partial charge in [-0.25, -0.2) is 13.6 Å². The summed E-state index contributed by atoms with van der Waals surface area (Å²) in [6, 6.07) is 5.20. The molecule has 0 aliphatic heterocycles. The number of anilines is 2. The number of nitrogens with one attached hydrogen (secondary N) is 1. The van der Waals surface area contributed by atoms with Gasteiger partial charge in [0.1, 0.15) is 5.75 Å². The van der Waals surface area contributed by atoms with E-state index in [1.54, 1.807) is 0 Å². The number of sulfonamides is 1. The second kappa shape index (κ2) is 8.21. The molecular formula is C12H13F3N4O3S3. The number of primary sulfonamides is 1. The normalized spacial score (nSPS) is 12.2. The molecule has 25 heavy (non-hydrogen) atoms. The summed E-state index contributed by atoms with van der Waals surface area (Å²) in [5.74, 6) is 0.103. The van der Waals surface area contributed by atoms with E-state index in [9.17, 15) is 21.6 Å². The third-order valence-electron chi connectivity index (χ3n) is 2.54. The van der Waals surface area contributed by atoms with Gasteiger partial charge in [0, 0.05) is 11.4 Å². The first-order valence-corrected chi connectivity index (χ1v) is 10.2. The van der Waals surface area contributed by atoms with E-state index in [0.717, 1.165) is 0 Å². The molecule has 1 aromatic heterocycles. The van der Waals surface area contributed by atoms with Crippen LogP contribution in [0.2, 0.25) is 0 Å². The molecule has 1 heterocycles. The van der Waals surface area contributed by atoms with Crippen LogP contribution in [0, 0.1) is 0 Å². The van der Waals surface area contributed by atoms with Gasteiger partial charge in [0.2, 0.25) is 15.2 Å². The van der Waals surface area contributed by atoms with Gasteiger partial charge < -0.3 is 10.1 Å². The van der Waals surface area contributed by atoms with Crippen molar-refractivity contribution in [1.82, 2.24) is 10.2 Å². The molecule has 0 unspecified atom stereocenters. The second-order valence-electron chi connectivity index (χ2n) is 4.64. The number of rotatable bonds is 8. The van der Waals surface area contributed by atoms with Crippen molar-refractivity contribution in [2.45, 2.75) is 17.1 Å². The van der Waals surface area contributed by atoms with Crippen LogP contribution in [0.4, 0.5) is 24.0 Å². The van der Waals surface area contributed by atoms with Crippen molar-refractivity contribution in [3.63, 3.8) is 0 Å². The number of nitrogens with zero attached hydrogens (tertiary/aromatic N) is 2. The van der Waals surface area contributed by atoms with Gasteiger partial charge in [-0.15, -0.1) is 23.4 Å². The number of halogens is 3. The van der Waals surface area contributed by atoms with Crippen LogP contribution in [0.25, 0.3) is 0 Å². The zero-order valence-electron chi connectivity index (χ0n) is 12.5. The Balaban J connectivity index is 1.84. The molecular weight excluding hydrogens is 401 g/mol. The van der Waals surface area contributed by atoms with Crippen molar-refractivity contribution in [1.29, 1.82) is 0 Å². The van der Waals surface area contributed by atoms with Crippen molar-refractivity contribution in [3.8, 4) is 5.75 Å². The number of benzene rings is 1. The smallest absolute Gasteiger partial charge is 0.406 e. The third kappa shape index (κ3) is 7.90. The molecule has 0 aliphatic carbocycles. The largest absolute Gasteiger partial charge is 0.573 e. The highest BCUT2D eigenvalue weighted by atomic mass is 32.2. The number of thioether (sulfide) groups is 1. The summed E-state index contributed by atoms with van der Waals surface area (Å²) >= 11 is 2.58. The topological polar surface area (TPSA) is 107 Å². The number of ether oxygens (including phenoxy) is 1. The number of alkyl halides is 3. The average Bonchev–Trinajstić information content (AvgIpc) is 2.91. The number of hydrogen-bond acceptors (Lipinski definition) is 8. The SMILES string of the molecule is NS(=O)(=O)CCCSc1nnc(Nc2ccc(OC(F)(F)F)cc2)s1. The molecule has 7 nitrogen and oxygen atoms in total. The molecule has 0 saturated heterocycles. The molecule has 0 atom stereocenters. The fourth-order valence-electron chi connectivity index (χ4n) is 1.60. The van der Waals surface area contributed by atoms with E-state index in [0.29, 0.717) is 27.3 Å². The van der Waals surface area contributed by atoms with Gasteiger partial charge in [0.25, 0.3) is 0 Å². The number of aromatic nitrogens is 2. The fourth-order valence-corrected chi connectivity index (χ4v) is 4.11. The quantitative estimate of drug-likeness (QED) is 0.505. The lowest BCUT2D eigenvalue weighted by Gasteiger charge is -2.09. The molecule has 0 spiro atoms. The summed E-state index contributed by atoms with van der Waals surface area (Å²) in [4.78, 5) is 0. The molecule has 0 aliphatic rings. The van der Waals surface area contributed by atoms with Crippen molar-refractivity contribution in [2.75, 3.05) is 16.8 Å². The maximum absolute atomic E-state index is 12.1. The van der Waals surface area contributed by atoms with Gasteiger partial charge >= 0.3 is 6.36 Å². The first kappa shape index (κ1) is 19.8. The first-order chi connectivity index (χ1) is 11.6. The summed E-state index contributed by atoms with van der Waals surface area (Å²) in [6.45, 7) is 0. The lowest BCUT2D eigenvalue weighted by Crippen LogP contribution is -2.16. The zero-order chi connectivity index (χ0) is 18.5. The molecule has 0 fully saturated rings. The number of hydrogen-bond donors (Lipinski definition) is 2. The maximum atomic E-state index is 12.1. The van der Waals surface area contributed by atoms with Gasteiger partial charge in [-0.3, -0.25) is 0 Å². The molecule has 138 valence electrons. The van der Waals surface area contributed by atoms with Gasteiger partial charge in [0.05, 0.1) is 5.75 Å². The molecule has 2 rings (SSSR count). The Morgan fingerprint density at radius 1 is 1.24 bits per heavy atom. The van der Waals surface area contributed by atoms with E-state index in [1.165, 1.54) is 47.4 Å². The third-order valence-corrected chi connectivity index (χ3v) is 5.46. The summed E-state index contributed by atoms with van der Waals surface area (Å²) in [7, 11) is -3.47. The van der Waals surface area contributed by atoms with Crippen LogP contribution < -0.4 is 15.2 Å². The van der Waals surface area contributed by atoms with Crippen molar-refractivity contribution < 1.29 is 26.3 Å². The zero-order valence-corrected chi connectivity index (χ0v) is 14.9. The van der Waals surface area contributed by atoms with Crippen LogP contribution in [-0.2, 0) is 10.0 Å². The van der Waals surface area contributed by atoms with E-state index in [4.69, 9.17) is 5.14 Å². The van der Waals surface area contributed by atoms with Crippen LogP contribution in [0.3, 0.4) is 0 Å². The molecule has 0 amide bonds. The second-order valence-corrected chi connectivity index (χ2v) is 8.69. The van der Waals surface area contributed by atoms with Crippen molar-refractivity contribution in [2.24, 2.45) is 5.14 Å². The van der Waals surface area contributed by atoms with E-state index in [1.807, 2.05) is 0 Å². The molecule has 3 N–H and O–H groups in total. The van der Waals surface area contributed by atoms with E-state index in [-0.39, 0.29) is 11.5 Å². The average molecular weight is 414 g/mol. The lowest BCUT2D eigenvalue weighted by atomic mass is 10.3. The van der Waals surface area contributed by atoms with Crippen LogP contribution >= 0.6 is 23.1 Å². The van der Waals surface area contributed by atoms with Crippen LogP contribution in [-0.4, -0.2) is 36.5 Å². The molecule has 0 radical (unpaired) electrons. The highest BCUT2D eigenvalue weighted by molar-refractivity contribution is 8.01. The summed E-state index contributed by atoms with van der Waals surface area (Å²) in [5, 5.41) is 16.1. The van der Waals surface area contributed by atoms with E-state index < -0.39 is 16.4 Å². The Bertz CT molecular complexity index is 794. The minimum atomic E-state index is -4.73. The van der Waals surface area contributed by atoms with Crippen molar-refractivity contribution >= 4 is 43.9 Å². The molecule has 0 saturated carbocycles. The van der Waals surface area contributed by atoms with E-state index >= 15 is 0 Å². The standard InChI is InChI=1S/C12H13F3N4O3S3/c13-12(14,15)22-9-4-2-8(3-5-9)17-10-18-19-11(24-10)23-6-1-7-25(16,20)21/h2-5H,1,6-7H2,(H,17,18)(H2,16,20,21). The van der Waals surface area contributed by atoms with Crippen LogP contribution in [0.1, 0.15) is 6.42 Å². The Hall–Kier alpha value is -1.57. The predicted octanol–water partition coefficient (Wildman–Crippen LogP) is 2.95. The highest BCUT2D eigenvalue weighted by Crippen LogP contribution is 2.29. The fraction of sp³-hybridized carbons (Fsp3) is 0.333. The molecule has 0 bridgehead atoms. The first-order valence-electron chi connectivity index (χ1n) is 6.70. The maximum Gasteiger partial charge on any atom is 0.573 e. The lowest BCUT2D eigenvalue weighted by molar-refractivity contribution is -0.274. The Morgan fingerprint density at radius 2 is 1.92 bits per heavy atom. The Labute approximate surface area is 149 Å². The summed E-state index contributed by atoms with van der Waals surface area (Å²) < 4.78 is 62.3. The van der Waals surface area contributed by atoms with Gasteiger partial charge in [-0.2, -0.15) is 0 Å². The van der Waals surface area contributed by atoms with Gasteiger partial charge in [-0.05, 0) is 30.7 Å². The monoisotopic (exact) mass is 414 g/mol. The molecule has 1 aromatic carbocycles. The van der Waals surface area contributed by atoms with Gasteiger partial charge in [0.15, 0.2) is 4.34 Å². The predicted molar refractivity (Wildman–Crippen MR) is 89.6 cm³/mol.